The molecule has 16 heteroatoms. The van der Waals surface area contributed by atoms with E-state index in [-0.39, 0.29) is 31.8 Å². The Hall–Kier alpha value is -3.50. The van der Waals surface area contributed by atoms with Gasteiger partial charge in [0.2, 0.25) is 23.6 Å². The van der Waals surface area contributed by atoms with E-state index in [4.69, 9.17) is 28.0 Å². The molecule has 0 aromatic heterocycles. The van der Waals surface area contributed by atoms with E-state index in [1.54, 1.807) is 0 Å². The van der Waals surface area contributed by atoms with Crippen molar-refractivity contribution >= 4 is 35.6 Å². The third-order valence-corrected chi connectivity index (χ3v) is 4.73. The Balaban J connectivity index is 5.39. The third-order valence-electron chi connectivity index (χ3n) is 4.73. The number of hydrogen-bond donors (Lipinski definition) is 10. The van der Waals surface area contributed by atoms with Crippen LogP contribution in [0.15, 0.2) is 4.99 Å². The summed E-state index contributed by atoms with van der Waals surface area (Å²) in [5, 5.41) is 35.2. The summed E-state index contributed by atoms with van der Waals surface area (Å²) < 4.78 is 0. The maximum Gasteiger partial charge on any atom is 0.328 e. The number of hydrogen-bond acceptors (Lipinski definition) is 9. The Bertz CT molecular complexity index is 785. The van der Waals surface area contributed by atoms with Gasteiger partial charge in [-0.1, -0.05) is 0 Å². The molecule has 0 spiro atoms. The van der Waals surface area contributed by atoms with Gasteiger partial charge in [-0.05, 0) is 33.1 Å². The van der Waals surface area contributed by atoms with Gasteiger partial charge < -0.3 is 54.2 Å². The van der Waals surface area contributed by atoms with E-state index in [2.05, 4.69) is 15.6 Å². The van der Waals surface area contributed by atoms with Crippen molar-refractivity contribution < 1.29 is 39.3 Å². The number of nitrogens with two attached hydrogens (primary N) is 4. The smallest absolute Gasteiger partial charge is 0.328 e. The average Bonchev–Trinajstić information content (AvgIpc) is 2.74. The molecule has 35 heavy (non-hydrogen) atoms. The van der Waals surface area contributed by atoms with Gasteiger partial charge in [-0.15, -0.1) is 0 Å². The fraction of sp³-hybridized carbons (Fsp3) is 0.684. The number of aliphatic carboxylic acids is 1. The number of amides is 4. The van der Waals surface area contributed by atoms with Gasteiger partial charge in [0.05, 0.1) is 18.2 Å². The second-order valence-corrected chi connectivity index (χ2v) is 7.91. The molecule has 0 radical (unpaired) electrons. The van der Waals surface area contributed by atoms with Crippen LogP contribution in [0.5, 0.6) is 0 Å². The van der Waals surface area contributed by atoms with Gasteiger partial charge in [0.15, 0.2) is 12.0 Å². The summed E-state index contributed by atoms with van der Waals surface area (Å²) in [5.74, 6) is -5.21. The Morgan fingerprint density at radius 1 is 0.829 bits per heavy atom. The van der Waals surface area contributed by atoms with Crippen LogP contribution in [-0.4, -0.2) is 93.8 Å². The molecule has 0 saturated heterocycles. The lowest BCUT2D eigenvalue weighted by molar-refractivity contribution is -0.146. The van der Waals surface area contributed by atoms with Gasteiger partial charge in [0, 0.05) is 13.0 Å². The van der Waals surface area contributed by atoms with Gasteiger partial charge in [0.25, 0.3) is 0 Å². The molecule has 0 aromatic rings. The number of nitrogens with zero attached hydrogens (tertiary/aromatic N) is 1. The quantitative estimate of drug-likeness (QED) is 0.0538. The predicted octanol–water partition coefficient (Wildman–Crippen LogP) is -5.07. The number of carbonyl (C=O) groups is 5. The largest absolute Gasteiger partial charge is 0.480 e. The second kappa shape index (κ2) is 15.4. The fourth-order valence-electron chi connectivity index (χ4n) is 2.78. The lowest BCUT2D eigenvalue weighted by Crippen LogP contribution is -2.61. The highest BCUT2D eigenvalue weighted by molar-refractivity contribution is 5.94. The number of aliphatic hydroxyl groups excluding tert-OH is 2. The van der Waals surface area contributed by atoms with Crippen LogP contribution in [0.4, 0.5) is 0 Å². The molecule has 0 fully saturated rings. The monoisotopic (exact) mass is 504 g/mol. The second-order valence-electron chi connectivity index (χ2n) is 7.91. The number of aliphatic hydroxyl groups is 2. The first-order valence-corrected chi connectivity index (χ1v) is 10.8. The number of nitrogens with one attached hydrogen (secondary N) is 3. The molecule has 14 N–H and O–H groups in total. The molecule has 0 aliphatic heterocycles. The van der Waals surface area contributed by atoms with Crippen molar-refractivity contribution in [1.29, 1.82) is 0 Å². The molecule has 0 rings (SSSR count). The SMILES string of the molecule is CC(O)C(NC(=O)C(NC(=O)C(CCC(N)=O)NC(=O)C(N)CCCN=C(N)N)C(C)O)C(=O)O. The maximum absolute atomic E-state index is 12.8. The lowest BCUT2D eigenvalue weighted by Gasteiger charge is -2.27. The molecular weight excluding hydrogens is 468 g/mol. The average molecular weight is 505 g/mol. The van der Waals surface area contributed by atoms with Gasteiger partial charge in [-0.3, -0.25) is 24.2 Å². The van der Waals surface area contributed by atoms with E-state index in [9.17, 15) is 34.2 Å². The topological polar surface area (TPSA) is 299 Å². The molecule has 0 aliphatic rings. The van der Waals surface area contributed by atoms with Crippen molar-refractivity contribution in [2.75, 3.05) is 6.54 Å². The van der Waals surface area contributed by atoms with Crippen LogP contribution in [-0.2, 0) is 24.0 Å². The van der Waals surface area contributed by atoms with Gasteiger partial charge >= 0.3 is 5.97 Å². The summed E-state index contributed by atoms with van der Waals surface area (Å²) in [7, 11) is 0. The first-order valence-electron chi connectivity index (χ1n) is 10.8. The highest BCUT2D eigenvalue weighted by Gasteiger charge is 2.34. The van der Waals surface area contributed by atoms with Crippen LogP contribution in [0, 0.1) is 0 Å². The minimum absolute atomic E-state index is 0.119. The molecule has 0 heterocycles. The molecule has 0 aromatic carbocycles. The number of primary amides is 1. The van der Waals surface area contributed by atoms with E-state index >= 15 is 0 Å². The fourth-order valence-corrected chi connectivity index (χ4v) is 2.78. The Morgan fingerprint density at radius 3 is 1.83 bits per heavy atom. The number of carboxylic acids is 1. The lowest BCUT2D eigenvalue weighted by atomic mass is 10.1. The summed E-state index contributed by atoms with van der Waals surface area (Å²) in [5.41, 5.74) is 21.4. The zero-order valence-corrected chi connectivity index (χ0v) is 19.6. The predicted molar refractivity (Wildman–Crippen MR) is 123 cm³/mol. The van der Waals surface area contributed by atoms with Crippen molar-refractivity contribution in [3.05, 3.63) is 0 Å². The van der Waals surface area contributed by atoms with Gasteiger partial charge in [0.1, 0.15) is 12.1 Å². The molecule has 0 aliphatic carbocycles. The molecule has 4 amide bonds. The van der Waals surface area contributed by atoms with E-state index in [0.29, 0.717) is 6.42 Å². The summed E-state index contributed by atoms with van der Waals surface area (Å²) >= 11 is 0. The van der Waals surface area contributed by atoms with Gasteiger partial charge in [-0.25, -0.2) is 4.79 Å². The van der Waals surface area contributed by atoms with E-state index in [1.165, 1.54) is 0 Å². The number of carbonyl (C=O) groups excluding carboxylic acids is 4. The summed E-state index contributed by atoms with van der Waals surface area (Å²) in [6.07, 6.45) is -2.98. The Kier molecular flexibility index (Phi) is 13.9. The van der Waals surface area contributed by atoms with Crippen molar-refractivity contribution in [2.24, 2.45) is 27.9 Å². The normalized spacial score (nSPS) is 15.9. The minimum atomic E-state index is -1.71. The van der Waals surface area contributed by atoms with Crippen LogP contribution in [0.1, 0.15) is 39.5 Å². The van der Waals surface area contributed by atoms with Crippen molar-refractivity contribution in [3.8, 4) is 0 Å². The highest BCUT2D eigenvalue weighted by Crippen LogP contribution is 2.04. The molecule has 0 saturated carbocycles. The molecular formula is C19H36N8O8. The van der Waals surface area contributed by atoms with Crippen molar-refractivity contribution in [2.45, 2.75) is 75.9 Å². The molecule has 6 atom stereocenters. The van der Waals surface area contributed by atoms with E-state index in [1.807, 2.05) is 5.32 Å². The third kappa shape index (κ3) is 12.5. The van der Waals surface area contributed by atoms with E-state index < -0.39 is 66.0 Å². The van der Waals surface area contributed by atoms with Crippen LogP contribution in [0.3, 0.4) is 0 Å². The number of guanidine groups is 1. The van der Waals surface area contributed by atoms with E-state index in [0.717, 1.165) is 13.8 Å². The first kappa shape index (κ1) is 31.5. The zero-order valence-electron chi connectivity index (χ0n) is 19.6. The molecule has 6 unspecified atom stereocenters. The zero-order chi connectivity index (χ0) is 27.3. The molecule has 200 valence electrons. The van der Waals surface area contributed by atoms with Crippen molar-refractivity contribution in [1.82, 2.24) is 16.0 Å². The first-order chi connectivity index (χ1) is 16.2. The molecule has 0 bridgehead atoms. The minimum Gasteiger partial charge on any atom is -0.480 e. The molecule has 16 nitrogen and oxygen atoms in total. The Morgan fingerprint density at radius 2 is 1.37 bits per heavy atom. The standard InChI is InChI=1S/C19H36N8O8/c1-8(28)13(17(33)27-14(9(2)29)18(34)35)26-16(32)11(5-6-12(21)30)25-15(31)10(20)4-3-7-24-19(22)23/h8-11,13-14,28-29H,3-7,20H2,1-2H3,(H2,21,30)(H,25,31)(H,26,32)(H,27,33)(H,34,35)(H4,22,23,24). The Labute approximate surface area is 201 Å². The number of aliphatic imine (C=N–C) groups is 1. The summed E-state index contributed by atoms with van der Waals surface area (Å²) in [4.78, 5) is 63.9. The number of carboxylic acid groups (broad SMARTS) is 1. The van der Waals surface area contributed by atoms with Crippen LogP contribution < -0.4 is 38.9 Å². The number of rotatable bonds is 16. The summed E-state index contributed by atoms with van der Waals surface area (Å²) in [6.45, 7) is 2.51. The van der Waals surface area contributed by atoms with Gasteiger partial charge in [-0.2, -0.15) is 0 Å². The van der Waals surface area contributed by atoms with Crippen molar-refractivity contribution in [3.63, 3.8) is 0 Å². The van der Waals surface area contributed by atoms with Crippen LogP contribution in [0.25, 0.3) is 0 Å². The summed E-state index contributed by atoms with van der Waals surface area (Å²) in [6, 6.07) is -5.77. The maximum atomic E-state index is 12.8. The highest BCUT2D eigenvalue weighted by atomic mass is 16.4. The van der Waals surface area contributed by atoms with Crippen LogP contribution in [0.2, 0.25) is 0 Å². The van der Waals surface area contributed by atoms with Crippen LogP contribution >= 0.6 is 0 Å².